The lowest BCUT2D eigenvalue weighted by atomic mass is 10.1. The van der Waals surface area contributed by atoms with E-state index >= 15 is 0 Å². The van der Waals surface area contributed by atoms with Crippen molar-refractivity contribution in [2.45, 2.75) is 20.0 Å². The predicted molar refractivity (Wildman–Crippen MR) is 99.2 cm³/mol. The molecule has 9 heteroatoms. The number of anilines is 1. The molecule has 0 fully saturated rings. The van der Waals surface area contributed by atoms with Crippen LogP contribution in [0.4, 0.5) is 11.4 Å². The number of nitrogens with one attached hydrogen (secondary N) is 1. The molecule has 28 heavy (non-hydrogen) atoms. The maximum Gasteiger partial charge on any atom is 0.344 e. The molecule has 1 atom stereocenters. The van der Waals surface area contributed by atoms with E-state index in [1.54, 1.807) is 12.1 Å². The lowest BCUT2D eigenvalue weighted by Crippen LogP contribution is -2.31. The van der Waals surface area contributed by atoms with Crippen LogP contribution >= 0.6 is 0 Å². The van der Waals surface area contributed by atoms with Gasteiger partial charge in [0.1, 0.15) is 11.4 Å². The number of nitrogens with zero attached hydrogens (tertiary/aromatic N) is 1. The Kier molecular flexibility index (Phi) is 6.80. The van der Waals surface area contributed by atoms with Crippen molar-refractivity contribution in [1.29, 1.82) is 0 Å². The summed E-state index contributed by atoms with van der Waals surface area (Å²) in [6, 6.07) is 11.8. The quantitative estimate of drug-likeness (QED) is 0.320. The molecule has 0 saturated carbocycles. The zero-order valence-corrected chi connectivity index (χ0v) is 15.2. The molecule has 9 nitrogen and oxygen atoms in total. The Labute approximate surface area is 160 Å². The Hall–Kier alpha value is -3.75. The summed E-state index contributed by atoms with van der Waals surface area (Å²) in [5, 5.41) is 13.3. The van der Waals surface area contributed by atoms with Crippen LogP contribution in [0.1, 0.15) is 24.2 Å². The zero-order chi connectivity index (χ0) is 20.7. The minimum atomic E-state index is -1.18. The first-order valence-corrected chi connectivity index (χ1v) is 8.25. The highest BCUT2D eigenvalue weighted by atomic mass is 16.6. The van der Waals surface area contributed by atoms with Gasteiger partial charge in [0.25, 0.3) is 11.6 Å². The third-order valence-corrected chi connectivity index (χ3v) is 3.65. The van der Waals surface area contributed by atoms with Crippen molar-refractivity contribution in [3.8, 4) is 5.75 Å². The van der Waals surface area contributed by atoms with Gasteiger partial charge in [-0.15, -0.1) is 0 Å². The highest BCUT2D eigenvalue weighted by molar-refractivity contribution is 5.97. The van der Waals surface area contributed by atoms with Gasteiger partial charge in [-0.3, -0.25) is 19.7 Å². The molecule has 0 aliphatic carbocycles. The van der Waals surface area contributed by atoms with Gasteiger partial charge in [-0.2, -0.15) is 0 Å². The second-order valence-corrected chi connectivity index (χ2v) is 5.76. The van der Waals surface area contributed by atoms with Gasteiger partial charge >= 0.3 is 5.97 Å². The van der Waals surface area contributed by atoms with Crippen molar-refractivity contribution in [2.75, 3.05) is 11.9 Å². The maximum absolute atomic E-state index is 12.1. The SMILES string of the molecule is CC(=O)c1ccc(OCC(=O)OC(C)C(=O)Nc2ccccc2[N+](=O)[O-])cc1. The topological polar surface area (TPSA) is 125 Å². The number of amides is 1. The molecule has 0 heterocycles. The number of esters is 1. The molecule has 2 aromatic carbocycles. The van der Waals surface area contributed by atoms with Crippen LogP contribution in [0, 0.1) is 10.1 Å². The number of para-hydroxylation sites is 2. The van der Waals surface area contributed by atoms with Crippen molar-refractivity contribution in [3.05, 3.63) is 64.2 Å². The molecule has 1 amide bonds. The molecule has 0 aliphatic rings. The second-order valence-electron chi connectivity index (χ2n) is 5.76. The first-order valence-electron chi connectivity index (χ1n) is 8.25. The summed E-state index contributed by atoms with van der Waals surface area (Å²) >= 11 is 0. The van der Waals surface area contributed by atoms with E-state index in [1.807, 2.05) is 0 Å². The number of ketones is 1. The van der Waals surface area contributed by atoms with Crippen LogP contribution in [-0.4, -0.2) is 35.3 Å². The minimum Gasteiger partial charge on any atom is -0.482 e. The van der Waals surface area contributed by atoms with Crippen LogP contribution in [0.2, 0.25) is 0 Å². The van der Waals surface area contributed by atoms with Crippen molar-refractivity contribution in [1.82, 2.24) is 0 Å². The number of Topliss-reactive ketones (excluding diaryl/α,β-unsaturated/α-hetero) is 1. The largest absolute Gasteiger partial charge is 0.482 e. The molecule has 0 saturated heterocycles. The molecule has 0 aromatic heterocycles. The van der Waals surface area contributed by atoms with Crippen LogP contribution in [0.3, 0.4) is 0 Å². The average Bonchev–Trinajstić information content (AvgIpc) is 2.66. The molecule has 0 radical (unpaired) electrons. The molecular formula is C19H18N2O7. The molecule has 0 aliphatic heterocycles. The van der Waals surface area contributed by atoms with Gasteiger partial charge in [0.2, 0.25) is 0 Å². The second kappa shape index (κ2) is 9.26. The highest BCUT2D eigenvalue weighted by Crippen LogP contribution is 2.23. The van der Waals surface area contributed by atoms with Crippen molar-refractivity contribution in [2.24, 2.45) is 0 Å². The predicted octanol–water partition coefficient (Wildman–Crippen LogP) is 2.75. The fourth-order valence-electron chi connectivity index (χ4n) is 2.19. The molecule has 1 N–H and O–H groups in total. The van der Waals surface area contributed by atoms with E-state index in [-0.39, 0.29) is 17.2 Å². The zero-order valence-electron chi connectivity index (χ0n) is 15.2. The van der Waals surface area contributed by atoms with Gasteiger partial charge in [0.15, 0.2) is 18.5 Å². The van der Waals surface area contributed by atoms with E-state index in [0.717, 1.165) is 0 Å². The number of nitro groups is 1. The van der Waals surface area contributed by atoms with E-state index < -0.39 is 29.5 Å². The fourth-order valence-corrected chi connectivity index (χ4v) is 2.19. The lowest BCUT2D eigenvalue weighted by molar-refractivity contribution is -0.383. The summed E-state index contributed by atoms with van der Waals surface area (Å²) in [5.41, 5.74) is 0.240. The summed E-state index contributed by atoms with van der Waals surface area (Å²) in [6.45, 7) is 2.33. The summed E-state index contributed by atoms with van der Waals surface area (Å²) in [5.74, 6) is -1.24. The molecule has 0 spiro atoms. The van der Waals surface area contributed by atoms with Gasteiger partial charge in [0, 0.05) is 11.6 Å². The van der Waals surface area contributed by atoms with Gasteiger partial charge in [-0.1, -0.05) is 12.1 Å². The van der Waals surface area contributed by atoms with E-state index in [0.29, 0.717) is 11.3 Å². The minimum absolute atomic E-state index is 0.00205. The molecule has 146 valence electrons. The summed E-state index contributed by atoms with van der Waals surface area (Å²) < 4.78 is 10.2. The Morgan fingerprint density at radius 1 is 1.11 bits per heavy atom. The fraction of sp³-hybridized carbons (Fsp3) is 0.211. The van der Waals surface area contributed by atoms with E-state index in [2.05, 4.69) is 5.32 Å². The highest BCUT2D eigenvalue weighted by Gasteiger charge is 2.21. The van der Waals surface area contributed by atoms with Crippen LogP contribution in [0.25, 0.3) is 0 Å². The van der Waals surface area contributed by atoms with Crippen molar-refractivity contribution in [3.63, 3.8) is 0 Å². The normalized spacial score (nSPS) is 11.2. The smallest absolute Gasteiger partial charge is 0.344 e. The van der Waals surface area contributed by atoms with Crippen LogP contribution in [-0.2, 0) is 14.3 Å². The van der Waals surface area contributed by atoms with Crippen LogP contribution < -0.4 is 10.1 Å². The molecule has 1 unspecified atom stereocenters. The number of carbonyl (C=O) groups excluding carboxylic acids is 3. The van der Waals surface area contributed by atoms with E-state index in [9.17, 15) is 24.5 Å². The number of hydrogen-bond acceptors (Lipinski definition) is 7. The molecule has 2 aromatic rings. The van der Waals surface area contributed by atoms with Crippen LogP contribution in [0.15, 0.2) is 48.5 Å². The lowest BCUT2D eigenvalue weighted by Gasteiger charge is -2.14. The Balaban J connectivity index is 1.87. The number of carbonyl (C=O) groups is 3. The van der Waals surface area contributed by atoms with Crippen molar-refractivity contribution >= 4 is 29.0 Å². The summed E-state index contributed by atoms with van der Waals surface area (Å²) in [7, 11) is 0. The first-order chi connectivity index (χ1) is 13.3. The standard InChI is InChI=1S/C19H18N2O7/c1-12(22)14-7-9-15(10-8-14)27-11-18(23)28-13(2)19(24)20-16-5-3-4-6-17(16)21(25)26/h3-10,13H,11H2,1-2H3,(H,20,24). The van der Waals surface area contributed by atoms with Gasteiger partial charge < -0.3 is 14.8 Å². The van der Waals surface area contributed by atoms with E-state index in [4.69, 9.17) is 9.47 Å². The third kappa shape index (κ3) is 5.63. The van der Waals surface area contributed by atoms with Gasteiger partial charge in [-0.25, -0.2) is 4.79 Å². The van der Waals surface area contributed by atoms with Gasteiger partial charge in [0.05, 0.1) is 4.92 Å². The number of rotatable bonds is 8. The Morgan fingerprint density at radius 3 is 2.36 bits per heavy atom. The van der Waals surface area contributed by atoms with Gasteiger partial charge in [-0.05, 0) is 44.2 Å². The number of nitro benzene ring substituents is 1. The summed E-state index contributed by atoms with van der Waals surface area (Å²) in [6.07, 6.45) is -1.18. The molecule has 0 bridgehead atoms. The number of hydrogen-bond donors (Lipinski definition) is 1. The van der Waals surface area contributed by atoms with Crippen LogP contribution in [0.5, 0.6) is 5.75 Å². The number of benzene rings is 2. The Morgan fingerprint density at radius 2 is 1.75 bits per heavy atom. The molecule has 2 rings (SSSR count). The monoisotopic (exact) mass is 386 g/mol. The summed E-state index contributed by atoms with van der Waals surface area (Å²) in [4.78, 5) is 45.5. The Bertz CT molecular complexity index is 893. The first kappa shape index (κ1) is 20.6. The number of ether oxygens (including phenoxy) is 2. The maximum atomic E-state index is 12.1. The molecular weight excluding hydrogens is 368 g/mol. The van der Waals surface area contributed by atoms with Crippen molar-refractivity contribution < 1.29 is 28.8 Å². The average molecular weight is 386 g/mol. The van der Waals surface area contributed by atoms with E-state index in [1.165, 1.54) is 50.2 Å². The third-order valence-electron chi connectivity index (χ3n) is 3.65.